The number of nitrogens with zero attached hydrogens (tertiary/aromatic N) is 3. The van der Waals surface area contributed by atoms with Gasteiger partial charge in [0.05, 0.1) is 16.3 Å². The van der Waals surface area contributed by atoms with Crippen LogP contribution in [0.1, 0.15) is 34.6 Å². The highest BCUT2D eigenvalue weighted by Crippen LogP contribution is 2.30. The number of fused-ring (bicyclic) bond motifs is 1. The van der Waals surface area contributed by atoms with Crippen molar-refractivity contribution in [1.82, 2.24) is 20.0 Å². The molecular formula is C20H22N4O2S. The zero-order valence-corrected chi connectivity index (χ0v) is 16.1. The van der Waals surface area contributed by atoms with E-state index in [0.29, 0.717) is 24.4 Å². The van der Waals surface area contributed by atoms with Crippen LogP contribution in [0.3, 0.4) is 0 Å². The Morgan fingerprint density at radius 3 is 2.85 bits per heavy atom. The van der Waals surface area contributed by atoms with E-state index in [0.717, 1.165) is 41.0 Å². The Morgan fingerprint density at radius 1 is 1.30 bits per heavy atom. The first kappa shape index (κ1) is 17.7. The minimum Gasteiger partial charge on any atom is -0.351 e. The fraction of sp³-hybridized carbons (Fsp3) is 0.350. The Kier molecular flexibility index (Phi) is 4.94. The molecule has 1 saturated heterocycles. The molecule has 0 spiro atoms. The maximum absolute atomic E-state index is 12.5. The third-order valence-corrected chi connectivity index (χ3v) is 5.94. The van der Waals surface area contributed by atoms with E-state index < -0.39 is 0 Å². The molecule has 1 aromatic carbocycles. The summed E-state index contributed by atoms with van der Waals surface area (Å²) in [5.74, 6) is 0.162. The summed E-state index contributed by atoms with van der Waals surface area (Å²) >= 11 is 1.46. The van der Waals surface area contributed by atoms with E-state index in [1.807, 2.05) is 52.9 Å². The average Bonchev–Trinajstić information content (AvgIpc) is 3.36. The summed E-state index contributed by atoms with van der Waals surface area (Å²) in [5, 5.41) is 8.59. The summed E-state index contributed by atoms with van der Waals surface area (Å²) in [6.45, 7) is 4.09. The Labute approximate surface area is 161 Å². The predicted molar refractivity (Wildman–Crippen MR) is 106 cm³/mol. The number of likely N-dealkylation sites (tertiary alicyclic amines) is 1. The number of carbonyl (C=O) groups excluding carboxylic acids is 2. The van der Waals surface area contributed by atoms with Crippen LogP contribution in [0.4, 0.5) is 0 Å². The Morgan fingerprint density at radius 2 is 2.11 bits per heavy atom. The molecule has 6 nitrogen and oxygen atoms in total. The highest BCUT2D eigenvalue weighted by Gasteiger charge is 2.20. The van der Waals surface area contributed by atoms with Gasteiger partial charge in [-0.2, -0.15) is 5.10 Å². The van der Waals surface area contributed by atoms with E-state index in [-0.39, 0.29) is 11.8 Å². The number of benzene rings is 1. The third-order valence-electron chi connectivity index (χ3n) is 4.83. The second-order valence-electron chi connectivity index (χ2n) is 6.76. The first-order valence-electron chi connectivity index (χ1n) is 9.24. The number of aromatic nitrogens is 2. The third kappa shape index (κ3) is 3.60. The van der Waals surface area contributed by atoms with E-state index >= 15 is 0 Å². The second-order valence-corrected chi connectivity index (χ2v) is 7.79. The van der Waals surface area contributed by atoms with Gasteiger partial charge in [-0.3, -0.25) is 9.59 Å². The molecule has 3 aromatic rings. The van der Waals surface area contributed by atoms with Crippen molar-refractivity contribution in [1.29, 1.82) is 0 Å². The maximum Gasteiger partial charge on any atom is 0.261 e. The van der Waals surface area contributed by atoms with Gasteiger partial charge in [0.25, 0.3) is 5.91 Å². The fourth-order valence-electron chi connectivity index (χ4n) is 3.40. The van der Waals surface area contributed by atoms with Crippen molar-refractivity contribution in [2.45, 2.75) is 26.2 Å². The molecule has 0 saturated carbocycles. The van der Waals surface area contributed by atoms with Crippen molar-refractivity contribution < 1.29 is 9.59 Å². The molecule has 27 heavy (non-hydrogen) atoms. The smallest absolute Gasteiger partial charge is 0.261 e. The monoisotopic (exact) mass is 382 g/mol. The number of carbonyl (C=O) groups is 2. The van der Waals surface area contributed by atoms with Crippen LogP contribution < -0.4 is 5.32 Å². The molecule has 0 radical (unpaired) electrons. The SMILES string of the molecule is Cc1nn(-c2ccccc2)c2sc(C(=O)NCCCN3CCCC3=O)cc12. The number of thiophene rings is 1. The molecule has 4 rings (SSSR count). The molecular weight excluding hydrogens is 360 g/mol. The highest BCUT2D eigenvalue weighted by atomic mass is 32.1. The number of aryl methyl sites for hydroxylation is 1. The highest BCUT2D eigenvalue weighted by molar-refractivity contribution is 7.20. The molecule has 0 aliphatic carbocycles. The van der Waals surface area contributed by atoms with Crippen LogP contribution in [0.25, 0.3) is 15.9 Å². The summed E-state index contributed by atoms with van der Waals surface area (Å²) < 4.78 is 1.89. The normalized spacial score (nSPS) is 14.3. The molecule has 0 atom stereocenters. The second kappa shape index (κ2) is 7.52. The molecule has 7 heteroatoms. The van der Waals surface area contributed by atoms with Crippen LogP contribution in [0.15, 0.2) is 36.4 Å². The van der Waals surface area contributed by atoms with Gasteiger partial charge in [0, 0.05) is 31.4 Å². The molecule has 1 aliphatic rings. The van der Waals surface area contributed by atoms with E-state index in [2.05, 4.69) is 10.4 Å². The molecule has 3 heterocycles. The van der Waals surface area contributed by atoms with E-state index in [4.69, 9.17) is 0 Å². The number of rotatable bonds is 6. The Hall–Kier alpha value is -2.67. The molecule has 1 aliphatic heterocycles. The van der Waals surface area contributed by atoms with Gasteiger partial charge >= 0.3 is 0 Å². The molecule has 0 bridgehead atoms. The van der Waals surface area contributed by atoms with Crippen molar-refractivity contribution >= 4 is 33.4 Å². The largest absolute Gasteiger partial charge is 0.351 e. The van der Waals surface area contributed by atoms with Crippen molar-refractivity contribution in [2.24, 2.45) is 0 Å². The first-order valence-corrected chi connectivity index (χ1v) is 10.1. The summed E-state index contributed by atoms with van der Waals surface area (Å²) in [6, 6.07) is 11.9. The van der Waals surface area contributed by atoms with Crippen LogP contribution in [0, 0.1) is 6.92 Å². The van der Waals surface area contributed by atoms with Gasteiger partial charge in [-0.15, -0.1) is 11.3 Å². The number of amides is 2. The number of nitrogens with one attached hydrogen (secondary N) is 1. The van der Waals surface area contributed by atoms with Gasteiger partial charge in [0.2, 0.25) is 5.91 Å². The van der Waals surface area contributed by atoms with Gasteiger partial charge < -0.3 is 10.2 Å². The predicted octanol–water partition coefficient (Wildman–Crippen LogP) is 3.14. The van der Waals surface area contributed by atoms with Gasteiger partial charge in [-0.05, 0) is 38.0 Å². The molecule has 1 N–H and O–H groups in total. The van der Waals surface area contributed by atoms with Crippen LogP contribution in [-0.4, -0.2) is 46.1 Å². The lowest BCUT2D eigenvalue weighted by Crippen LogP contribution is -2.30. The van der Waals surface area contributed by atoms with Crippen LogP contribution in [0.5, 0.6) is 0 Å². The lowest BCUT2D eigenvalue weighted by Gasteiger charge is -2.15. The van der Waals surface area contributed by atoms with E-state index in [1.165, 1.54) is 11.3 Å². The van der Waals surface area contributed by atoms with Gasteiger partial charge in [-0.1, -0.05) is 18.2 Å². The van der Waals surface area contributed by atoms with Crippen molar-refractivity contribution in [3.63, 3.8) is 0 Å². The first-order chi connectivity index (χ1) is 13.1. The molecule has 140 valence electrons. The maximum atomic E-state index is 12.5. The van der Waals surface area contributed by atoms with E-state index in [1.54, 1.807) is 0 Å². The lowest BCUT2D eigenvalue weighted by atomic mass is 10.3. The summed E-state index contributed by atoms with van der Waals surface area (Å²) in [7, 11) is 0. The number of hydrogen-bond donors (Lipinski definition) is 1. The van der Waals surface area contributed by atoms with E-state index in [9.17, 15) is 9.59 Å². The summed E-state index contributed by atoms with van der Waals surface area (Å²) in [4.78, 5) is 27.7. The quantitative estimate of drug-likeness (QED) is 0.666. The fourth-order valence-corrected chi connectivity index (χ4v) is 4.50. The van der Waals surface area contributed by atoms with Gasteiger partial charge in [0.15, 0.2) is 0 Å². The zero-order valence-electron chi connectivity index (χ0n) is 15.3. The van der Waals surface area contributed by atoms with Gasteiger partial charge in [0.1, 0.15) is 4.83 Å². The Balaban J connectivity index is 1.43. The zero-order chi connectivity index (χ0) is 18.8. The van der Waals surface area contributed by atoms with Gasteiger partial charge in [-0.25, -0.2) is 4.68 Å². The lowest BCUT2D eigenvalue weighted by molar-refractivity contribution is -0.127. The molecule has 0 unspecified atom stereocenters. The van der Waals surface area contributed by atoms with Crippen LogP contribution >= 0.6 is 11.3 Å². The summed E-state index contributed by atoms with van der Waals surface area (Å²) in [5.41, 5.74) is 1.90. The van der Waals surface area contributed by atoms with Crippen LogP contribution in [-0.2, 0) is 4.79 Å². The average molecular weight is 382 g/mol. The molecule has 2 amide bonds. The molecule has 2 aromatic heterocycles. The van der Waals surface area contributed by atoms with Crippen molar-refractivity contribution in [3.8, 4) is 5.69 Å². The minimum absolute atomic E-state index is 0.0667. The number of hydrogen-bond acceptors (Lipinski definition) is 4. The van der Waals surface area contributed by atoms with Crippen molar-refractivity contribution in [3.05, 3.63) is 47.0 Å². The summed E-state index contributed by atoms with van der Waals surface area (Å²) in [6.07, 6.45) is 2.38. The topological polar surface area (TPSA) is 67.2 Å². The van der Waals surface area contributed by atoms with Crippen molar-refractivity contribution in [2.75, 3.05) is 19.6 Å². The Bertz CT molecular complexity index is 977. The minimum atomic E-state index is -0.0667. The molecule has 1 fully saturated rings. The van der Waals surface area contributed by atoms with Crippen LogP contribution in [0.2, 0.25) is 0 Å². The number of para-hydroxylation sites is 1. The standard InChI is InChI=1S/C20H22N4O2S/c1-14-16-13-17(19(26)21-10-6-12-23-11-5-9-18(23)25)27-20(16)24(22-14)15-7-3-2-4-8-15/h2-4,7-8,13H,5-6,9-12H2,1H3,(H,21,26).